The molecule has 0 aliphatic carbocycles. The van der Waals surface area contributed by atoms with Gasteiger partial charge >= 0.3 is 0 Å². The average Bonchev–Trinajstić information content (AvgIpc) is 3.62. The molecule has 0 saturated carbocycles. The lowest BCUT2D eigenvalue weighted by Crippen LogP contribution is -2.01. The summed E-state index contributed by atoms with van der Waals surface area (Å²) in [6.45, 7) is 0. The summed E-state index contributed by atoms with van der Waals surface area (Å²) in [7, 11) is 0. The molecule has 0 spiro atoms. The number of nitrogens with zero attached hydrogens (tertiary/aromatic N) is 3. The van der Waals surface area contributed by atoms with E-state index in [1.807, 2.05) is 60.7 Å². The summed E-state index contributed by atoms with van der Waals surface area (Å²) in [6.07, 6.45) is 0. The van der Waals surface area contributed by atoms with E-state index in [9.17, 15) is 0 Å². The molecule has 9 aromatic carbocycles. The van der Waals surface area contributed by atoms with Gasteiger partial charge in [0, 0.05) is 27.5 Å². The molecule has 53 heavy (non-hydrogen) atoms. The molecule has 0 unspecified atom stereocenters. The van der Waals surface area contributed by atoms with Crippen LogP contribution >= 0.6 is 0 Å². The molecule has 0 N–H and O–H groups in total. The van der Waals surface area contributed by atoms with E-state index in [1.165, 1.54) is 43.4 Å². The molecule has 0 radical (unpaired) electrons. The van der Waals surface area contributed by atoms with Crippen LogP contribution in [0.25, 0.3) is 110 Å². The molecule has 0 atom stereocenters. The molecule has 0 aliphatic rings. The molecule has 0 aliphatic heterocycles. The summed E-state index contributed by atoms with van der Waals surface area (Å²) in [5.41, 5.74) is 6.82. The number of hydrogen-bond donors (Lipinski definition) is 0. The zero-order chi connectivity index (χ0) is 34.9. The quantitative estimate of drug-likeness (QED) is 0.138. The lowest BCUT2D eigenvalue weighted by molar-refractivity contribution is 0.669. The van der Waals surface area contributed by atoms with Gasteiger partial charge in [-0.15, -0.1) is 0 Å². The van der Waals surface area contributed by atoms with E-state index in [-0.39, 0.29) is 0 Å². The minimum atomic E-state index is 0.603. The first-order valence-corrected chi connectivity index (χ1v) is 17.9. The predicted octanol–water partition coefficient (Wildman–Crippen LogP) is 13.1. The van der Waals surface area contributed by atoms with Crippen molar-refractivity contribution < 1.29 is 4.42 Å². The monoisotopic (exact) mass is 675 g/mol. The van der Waals surface area contributed by atoms with Crippen molar-refractivity contribution in [3.05, 3.63) is 176 Å². The highest BCUT2D eigenvalue weighted by molar-refractivity contribution is 6.23. The zero-order valence-corrected chi connectivity index (χ0v) is 28.5. The van der Waals surface area contributed by atoms with E-state index in [0.717, 1.165) is 49.4 Å². The summed E-state index contributed by atoms with van der Waals surface area (Å²) in [5, 5.41) is 11.7. The Bertz CT molecular complexity index is 3240. The van der Waals surface area contributed by atoms with E-state index < -0.39 is 0 Å². The Labute approximate surface area is 304 Å². The van der Waals surface area contributed by atoms with Gasteiger partial charge in [0.05, 0.1) is 0 Å². The van der Waals surface area contributed by atoms with Crippen LogP contribution in [0.4, 0.5) is 0 Å². The lowest BCUT2D eigenvalue weighted by atomic mass is 9.87. The Morgan fingerprint density at radius 2 is 0.925 bits per heavy atom. The fraction of sp³-hybridized carbons (Fsp3) is 0. The van der Waals surface area contributed by atoms with Crippen LogP contribution < -0.4 is 0 Å². The number of benzene rings is 9. The highest BCUT2D eigenvalue weighted by Crippen LogP contribution is 2.44. The first-order valence-electron chi connectivity index (χ1n) is 17.9. The number of para-hydroxylation sites is 1. The molecule has 4 heteroatoms. The Balaban J connectivity index is 1.19. The van der Waals surface area contributed by atoms with Crippen LogP contribution in [-0.2, 0) is 0 Å². The van der Waals surface area contributed by atoms with Gasteiger partial charge in [-0.05, 0) is 78.5 Å². The number of furan rings is 1. The lowest BCUT2D eigenvalue weighted by Gasteiger charge is -2.17. The van der Waals surface area contributed by atoms with Gasteiger partial charge in [-0.2, -0.15) is 0 Å². The maximum atomic E-state index is 6.27. The van der Waals surface area contributed by atoms with E-state index in [1.54, 1.807) is 0 Å². The fourth-order valence-electron chi connectivity index (χ4n) is 8.12. The van der Waals surface area contributed by atoms with Crippen molar-refractivity contribution in [3.63, 3.8) is 0 Å². The van der Waals surface area contributed by atoms with Crippen LogP contribution in [0, 0.1) is 0 Å². The minimum Gasteiger partial charge on any atom is -0.456 e. The Kier molecular flexibility index (Phi) is 6.52. The smallest absolute Gasteiger partial charge is 0.164 e. The number of hydrogen-bond acceptors (Lipinski definition) is 4. The Morgan fingerprint density at radius 1 is 0.321 bits per heavy atom. The molecule has 2 heterocycles. The van der Waals surface area contributed by atoms with Gasteiger partial charge in [0.2, 0.25) is 0 Å². The number of aromatic nitrogens is 3. The van der Waals surface area contributed by atoms with Crippen LogP contribution in [0.2, 0.25) is 0 Å². The van der Waals surface area contributed by atoms with Crippen molar-refractivity contribution in [1.82, 2.24) is 15.0 Å². The Morgan fingerprint density at radius 3 is 1.75 bits per heavy atom. The van der Waals surface area contributed by atoms with Crippen molar-refractivity contribution in [2.24, 2.45) is 0 Å². The second-order valence-corrected chi connectivity index (χ2v) is 13.5. The maximum absolute atomic E-state index is 6.27. The summed E-state index contributed by atoms with van der Waals surface area (Å²) in [6, 6.07) is 61.7. The topological polar surface area (TPSA) is 51.8 Å². The third-order valence-corrected chi connectivity index (χ3v) is 10.5. The van der Waals surface area contributed by atoms with Gasteiger partial charge < -0.3 is 4.42 Å². The summed E-state index contributed by atoms with van der Waals surface area (Å²) in [4.78, 5) is 15.5. The fourth-order valence-corrected chi connectivity index (χ4v) is 8.12. The molecule has 0 amide bonds. The van der Waals surface area contributed by atoms with E-state index >= 15 is 0 Å². The second kappa shape index (κ2) is 11.7. The minimum absolute atomic E-state index is 0.603. The first-order chi connectivity index (χ1) is 26.3. The normalized spacial score (nSPS) is 11.8. The first kappa shape index (κ1) is 29.5. The third-order valence-electron chi connectivity index (χ3n) is 10.5. The predicted molar refractivity (Wildman–Crippen MR) is 219 cm³/mol. The third kappa shape index (κ3) is 4.66. The molecule has 0 saturated heterocycles. The molecular weight excluding hydrogens is 647 g/mol. The van der Waals surface area contributed by atoms with E-state index in [2.05, 4.69) is 115 Å². The molecule has 0 bridgehead atoms. The van der Waals surface area contributed by atoms with Gasteiger partial charge in [-0.1, -0.05) is 152 Å². The molecule has 4 nitrogen and oxygen atoms in total. The number of rotatable bonds is 4. The van der Waals surface area contributed by atoms with E-state index in [4.69, 9.17) is 19.4 Å². The van der Waals surface area contributed by atoms with Gasteiger partial charge in [-0.3, -0.25) is 0 Å². The van der Waals surface area contributed by atoms with Crippen LogP contribution in [-0.4, -0.2) is 15.0 Å². The second-order valence-electron chi connectivity index (χ2n) is 13.5. The summed E-state index contributed by atoms with van der Waals surface area (Å²) < 4.78 is 6.27. The van der Waals surface area contributed by atoms with Gasteiger partial charge in [0.15, 0.2) is 17.5 Å². The van der Waals surface area contributed by atoms with Crippen LogP contribution in [0.5, 0.6) is 0 Å². The van der Waals surface area contributed by atoms with Crippen LogP contribution in [0.1, 0.15) is 0 Å². The van der Waals surface area contributed by atoms with Crippen LogP contribution in [0.3, 0.4) is 0 Å². The van der Waals surface area contributed by atoms with Crippen molar-refractivity contribution in [2.45, 2.75) is 0 Å². The zero-order valence-electron chi connectivity index (χ0n) is 28.5. The molecule has 0 fully saturated rings. The van der Waals surface area contributed by atoms with E-state index in [0.29, 0.717) is 17.5 Å². The largest absolute Gasteiger partial charge is 0.456 e. The van der Waals surface area contributed by atoms with Gasteiger partial charge in [0.25, 0.3) is 0 Å². The molecule has 246 valence electrons. The molecule has 11 aromatic rings. The van der Waals surface area contributed by atoms with Crippen LogP contribution in [0.15, 0.2) is 180 Å². The summed E-state index contributed by atoms with van der Waals surface area (Å²) in [5.74, 6) is 1.84. The highest BCUT2D eigenvalue weighted by atomic mass is 16.3. The van der Waals surface area contributed by atoms with Crippen molar-refractivity contribution in [2.75, 3.05) is 0 Å². The van der Waals surface area contributed by atoms with Crippen molar-refractivity contribution in [3.8, 4) is 45.3 Å². The number of fused-ring (bicyclic) bond motifs is 8. The maximum Gasteiger partial charge on any atom is 0.164 e. The Hall–Kier alpha value is -7.17. The standard InChI is InChI=1S/C49H29N3O/c1-2-14-31(15-3-1)47-50-48(52-49(51-47)41-22-12-24-44-46(41)40-21-10-11-23-43(40)53-44)39-28-27-37(35-19-8-9-20-36(35)39)45-34-18-7-5-16-32(34)29-42-33-17-6-4-13-30(33)25-26-38(42)45/h1-29H. The average molecular weight is 676 g/mol. The van der Waals surface area contributed by atoms with Crippen molar-refractivity contribution in [1.29, 1.82) is 0 Å². The van der Waals surface area contributed by atoms with Gasteiger partial charge in [0.1, 0.15) is 11.2 Å². The highest BCUT2D eigenvalue weighted by Gasteiger charge is 2.20. The molecular formula is C49H29N3O. The molecule has 2 aromatic heterocycles. The van der Waals surface area contributed by atoms with Gasteiger partial charge in [-0.25, -0.2) is 15.0 Å². The molecule has 11 rings (SSSR count). The summed E-state index contributed by atoms with van der Waals surface area (Å²) >= 11 is 0. The van der Waals surface area contributed by atoms with Crippen molar-refractivity contribution >= 4 is 65.0 Å². The SMILES string of the molecule is c1ccc(-c2nc(-c3ccc(-c4c5ccccc5cc5c4ccc4ccccc45)c4ccccc34)nc(-c3cccc4oc5ccccc5c34)n2)cc1.